The Hall–Kier alpha value is -0.860. The first-order valence-corrected chi connectivity index (χ1v) is 8.11. The van der Waals surface area contributed by atoms with Crippen molar-refractivity contribution in [2.24, 2.45) is 5.92 Å². The summed E-state index contributed by atoms with van der Waals surface area (Å²) in [7, 11) is 0. The fourth-order valence-electron chi connectivity index (χ4n) is 3.07. The summed E-state index contributed by atoms with van der Waals surface area (Å²) >= 11 is 0. The van der Waals surface area contributed by atoms with E-state index >= 15 is 0 Å². The first-order valence-electron chi connectivity index (χ1n) is 8.11. The van der Waals surface area contributed by atoms with E-state index < -0.39 is 0 Å². The van der Waals surface area contributed by atoms with Gasteiger partial charge in [-0.15, -0.1) is 0 Å². The van der Waals surface area contributed by atoms with E-state index in [2.05, 4.69) is 43.4 Å². The van der Waals surface area contributed by atoms with Gasteiger partial charge in [-0.05, 0) is 30.7 Å². The lowest BCUT2D eigenvalue weighted by molar-refractivity contribution is 0.0891. The van der Waals surface area contributed by atoms with Gasteiger partial charge >= 0.3 is 0 Å². The Morgan fingerprint density at radius 3 is 2.50 bits per heavy atom. The number of rotatable bonds is 8. The van der Waals surface area contributed by atoms with Gasteiger partial charge in [-0.25, -0.2) is 0 Å². The van der Waals surface area contributed by atoms with Gasteiger partial charge in [-0.2, -0.15) is 0 Å². The lowest BCUT2D eigenvalue weighted by Gasteiger charge is -2.24. The standard InChI is InChI=1S/C18H29NO/c1-15(2)12-18(19-17-10-6-7-11-17)14-20-13-16-8-4-3-5-9-16/h3-5,8-9,15,17-19H,6-7,10-14H2,1-2H3/t18-/m0/s1. The molecule has 0 aliphatic heterocycles. The van der Waals surface area contributed by atoms with Gasteiger partial charge in [0.1, 0.15) is 0 Å². The van der Waals surface area contributed by atoms with E-state index in [9.17, 15) is 0 Å². The minimum atomic E-state index is 0.502. The van der Waals surface area contributed by atoms with Crippen LogP contribution in [0.2, 0.25) is 0 Å². The molecule has 1 saturated carbocycles. The zero-order valence-electron chi connectivity index (χ0n) is 13.0. The molecule has 1 aromatic rings. The first-order chi connectivity index (χ1) is 9.74. The molecule has 2 rings (SSSR count). The van der Waals surface area contributed by atoms with Gasteiger partial charge in [-0.3, -0.25) is 0 Å². The molecule has 0 unspecified atom stereocenters. The van der Waals surface area contributed by atoms with Crippen LogP contribution in [0.5, 0.6) is 0 Å². The molecule has 0 radical (unpaired) electrons. The average Bonchev–Trinajstić information content (AvgIpc) is 2.92. The molecule has 1 aliphatic rings. The smallest absolute Gasteiger partial charge is 0.0717 e. The highest BCUT2D eigenvalue weighted by Gasteiger charge is 2.19. The van der Waals surface area contributed by atoms with Crippen molar-refractivity contribution in [1.29, 1.82) is 0 Å². The third kappa shape index (κ3) is 5.64. The normalized spacial score (nSPS) is 17.8. The van der Waals surface area contributed by atoms with Crippen LogP contribution in [0.25, 0.3) is 0 Å². The van der Waals surface area contributed by atoms with E-state index in [1.165, 1.54) is 37.7 Å². The second-order valence-electron chi connectivity index (χ2n) is 6.48. The van der Waals surface area contributed by atoms with Crippen molar-refractivity contribution in [3.63, 3.8) is 0 Å². The van der Waals surface area contributed by atoms with Crippen LogP contribution in [0.15, 0.2) is 30.3 Å². The van der Waals surface area contributed by atoms with Crippen LogP contribution in [-0.2, 0) is 11.3 Å². The van der Waals surface area contributed by atoms with E-state index in [1.807, 2.05) is 6.07 Å². The SMILES string of the molecule is CC(C)C[C@@H](COCc1ccccc1)NC1CCCC1. The second-order valence-corrected chi connectivity index (χ2v) is 6.48. The Morgan fingerprint density at radius 2 is 1.85 bits per heavy atom. The molecule has 1 aromatic carbocycles. The molecule has 1 fully saturated rings. The predicted molar refractivity (Wildman–Crippen MR) is 84.7 cm³/mol. The third-order valence-electron chi connectivity index (χ3n) is 4.01. The summed E-state index contributed by atoms with van der Waals surface area (Å²) in [5, 5.41) is 3.81. The molecule has 2 nitrogen and oxygen atoms in total. The van der Waals surface area contributed by atoms with Crippen molar-refractivity contribution in [2.75, 3.05) is 6.61 Å². The number of nitrogens with one attached hydrogen (secondary N) is 1. The number of hydrogen-bond donors (Lipinski definition) is 1. The zero-order valence-corrected chi connectivity index (χ0v) is 13.0. The minimum Gasteiger partial charge on any atom is -0.375 e. The zero-order chi connectivity index (χ0) is 14.2. The van der Waals surface area contributed by atoms with E-state index in [4.69, 9.17) is 4.74 Å². The van der Waals surface area contributed by atoms with Crippen molar-refractivity contribution < 1.29 is 4.74 Å². The lowest BCUT2D eigenvalue weighted by Crippen LogP contribution is -2.40. The number of ether oxygens (including phenoxy) is 1. The summed E-state index contributed by atoms with van der Waals surface area (Å²) in [6.07, 6.45) is 6.65. The maximum atomic E-state index is 5.93. The molecule has 0 amide bonds. The summed E-state index contributed by atoms with van der Waals surface area (Å²) < 4.78 is 5.93. The highest BCUT2D eigenvalue weighted by Crippen LogP contribution is 2.19. The Morgan fingerprint density at radius 1 is 1.15 bits per heavy atom. The van der Waals surface area contributed by atoms with Gasteiger partial charge in [0, 0.05) is 12.1 Å². The fourth-order valence-corrected chi connectivity index (χ4v) is 3.07. The molecule has 0 saturated heterocycles. The molecule has 0 aromatic heterocycles. The average molecular weight is 275 g/mol. The molecule has 1 atom stereocenters. The Balaban J connectivity index is 1.74. The highest BCUT2D eigenvalue weighted by atomic mass is 16.5. The third-order valence-corrected chi connectivity index (χ3v) is 4.01. The largest absolute Gasteiger partial charge is 0.375 e. The number of benzene rings is 1. The van der Waals surface area contributed by atoms with Gasteiger partial charge in [0.2, 0.25) is 0 Å². The van der Waals surface area contributed by atoms with Crippen molar-refractivity contribution >= 4 is 0 Å². The van der Waals surface area contributed by atoms with E-state index in [1.54, 1.807) is 0 Å². The summed E-state index contributed by atoms with van der Waals surface area (Å²) in [5.74, 6) is 0.717. The van der Waals surface area contributed by atoms with Crippen LogP contribution in [0.1, 0.15) is 51.5 Å². The maximum Gasteiger partial charge on any atom is 0.0717 e. The topological polar surface area (TPSA) is 21.3 Å². The first kappa shape index (κ1) is 15.5. The molecule has 1 N–H and O–H groups in total. The Bertz CT molecular complexity index is 357. The predicted octanol–water partition coefficient (Wildman–Crippen LogP) is 4.15. The summed E-state index contributed by atoms with van der Waals surface area (Å²) in [6, 6.07) is 11.7. The van der Waals surface area contributed by atoms with Crippen molar-refractivity contribution in [1.82, 2.24) is 5.32 Å². The highest BCUT2D eigenvalue weighted by molar-refractivity contribution is 5.13. The van der Waals surface area contributed by atoms with E-state index in [0.717, 1.165) is 19.3 Å². The Kier molecular flexibility index (Phi) is 6.55. The molecule has 112 valence electrons. The monoisotopic (exact) mass is 275 g/mol. The van der Waals surface area contributed by atoms with Gasteiger partial charge in [0.15, 0.2) is 0 Å². The van der Waals surface area contributed by atoms with Crippen LogP contribution in [0.4, 0.5) is 0 Å². The van der Waals surface area contributed by atoms with Crippen molar-refractivity contribution in [3.05, 3.63) is 35.9 Å². The summed E-state index contributed by atoms with van der Waals surface area (Å²) in [5.41, 5.74) is 1.26. The number of hydrogen-bond acceptors (Lipinski definition) is 2. The van der Waals surface area contributed by atoms with Crippen LogP contribution >= 0.6 is 0 Å². The van der Waals surface area contributed by atoms with Gasteiger partial charge < -0.3 is 10.1 Å². The van der Waals surface area contributed by atoms with Crippen LogP contribution in [-0.4, -0.2) is 18.7 Å². The van der Waals surface area contributed by atoms with Crippen molar-refractivity contribution in [2.45, 2.75) is 64.6 Å². The van der Waals surface area contributed by atoms with Crippen LogP contribution in [0.3, 0.4) is 0 Å². The van der Waals surface area contributed by atoms with Crippen molar-refractivity contribution in [3.8, 4) is 0 Å². The second kappa shape index (κ2) is 8.43. The summed E-state index contributed by atoms with van der Waals surface area (Å²) in [4.78, 5) is 0. The molecule has 0 bridgehead atoms. The van der Waals surface area contributed by atoms with E-state index in [0.29, 0.717) is 12.0 Å². The summed E-state index contributed by atoms with van der Waals surface area (Å²) in [6.45, 7) is 6.13. The maximum absolute atomic E-state index is 5.93. The lowest BCUT2D eigenvalue weighted by atomic mass is 10.0. The van der Waals surface area contributed by atoms with Crippen LogP contribution in [0, 0.1) is 5.92 Å². The quantitative estimate of drug-likeness (QED) is 0.769. The molecule has 0 heterocycles. The molecule has 0 spiro atoms. The van der Waals surface area contributed by atoms with E-state index in [-0.39, 0.29) is 0 Å². The molecule has 20 heavy (non-hydrogen) atoms. The molecule has 2 heteroatoms. The van der Waals surface area contributed by atoms with Crippen LogP contribution < -0.4 is 5.32 Å². The van der Waals surface area contributed by atoms with Gasteiger partial charge in [0.05, 0.1) is 13.2 Å². The molecular weight excluding hydrogens is 246 g/mol. The van der Waals surface area contributed by atoms with Gasteiger partial charge in [-0.1, -0.05) is 57.0 Å². The molecular formula is C18H29NO. The van der Waals surface area contributed by atoms with Gasteiger partial charge in [0.25, 0.3) is 0 Å². The minimum absolute atomic E-state index is 0.502. The molecule has 1 aliphatic carbocycles. The fraction of sp³-hybridized carbons (Fsp3) is 0.667. The Labute approximate surface area is 123 Å².